The van der Waals surface area contributed by atoms with Crippen LogP contribution in [0.25, 0.3) is 11.0 Å². The summed E-state index contributed by atoms with van der Waals surface area (Å²) in [7, 11) is 1.72. The SMILES string of the molecule is C=C1Nc2c(Cl)cc3cc(C(=O)N4C[C@@H]5C(c6ccccc6OC)[C@@H]5C4)oc3c2C2(CCCCC2)N1. The molecule has 2 aliphatic heterocycles. The minimum Gasteiger partial charge on any atom is -0.496 e. The van der Waals surface area contributed by atoms with E-state index in [0.29, 0.717) is 28.5 Å². The molecule has 0 bridgehead atoms. The number of carbonyl (C=O) groups is 1. The Morgan fingerprint density at radius 2 is 1.92 bits per heavy atom. The third-order valence-electron chi connectivity index (χ3n) is 8.80. The summed E-state index contributed by atoms with van der Waals surface area (Å²) in [5.41, 5.74) is 3.63. The molecule has 2 aliphatic carbocycles. The first-order valence-electron chi connectivity index (χ1n) is 12.9. The molecule has 2 aromatic carbocycles. The molecule has 1 unspecified atom stereocenters. The van der Waals surface area contributed by atoms with Crippen molar-refractivity contribution in [1.29, 1.82) is 0 Å². The van der Waals surface area contributed by atoms with Gasteiger partial charge in [-0.15, -0.1) is 0 Å². The molecule has 3 atom stereocenters. The molecular weight excluding hydrogens is 474 g/mol. The van der Waals surface area contributed by atoms with Crippen molar-refractivity contribution in [2.75, 3.05) is 25.5 Å². The lowest BCUT2D eigenvalue weighted by Crippen LogP contribution is -2.48. The van der Waals surface area contributed by atoms with E-state index in [9.17, 15) is 4.79 Å². The zero-order chi connectivity index (χ0) is 24.6. The first-order chi connectivity index (χ1) is 17.5. The van der Waals surface area contributed by atoms with Crippen LogP contribution < -0.4 is 15.4 Å². The molecule has 186 valence electrons. The van der Waals surface area contributed by atoms with Crippen molar-refractivity contribution in [3.05, 3.63) is 70.7 Å². The van der Waals surface area contributed by atoms with Gasteiger partial charge < -0.3 is 24.7 Å². The molecule has 6 nitrogen and oxygen atoms in total. The maximum atomic E-state index is 13.6. The fourth-order valence-electron chi connectivity index (χ4n) is 7.15. The number of benzene rings is 2. The number of methoxy groups -OCH3 is 1. The number of carbonyl (C=O) groups excluding carboxylic acids is 1. The molecule has 1 amide bonds. The zero-order valence-electron chi connectivity index (χ0n) is 20.4. The van der Waals surface area contributed by atoms with Gasteiger partial charge >= 0.3 is 0 Å². The summed E-state index contributed by atoms with van der Waals surface area (Å²) in [6, 6.07) is 12.0. The Bertz CT molecular complexity index is 1390. The lowest BCUT2D eigenvalue weighted by molar-refractivity contribution is 0.0743. The third kappa shape index (κ3) is 3.20. The van der Waals surface area contributed by atoms with Crippen molar-refractivity contribution in [3.63, 3.8) is 0 Å². The van der Waals surface area contributed by atoms with E-state index in [0.717, 1.165) is 72.6 Å². The van der Waals surface area contributed by atoms with Crippen LogP contribution in [-0.2, 0) is 5.54 Å². The Morgan fingerprint density at radius 1 is 1.17 bits per heavy atom. The number of hydrogen-bond acceptors (Lipinski definition) is 5. The monoisotopic (exact) mass is 503 g/mol. The molecule has 36 heavy (non-hydrogen) atoms. The summed E-state index contributed by atoms with van der Waals surface area (Å²) < 4.78 is 12.0. The second-order valence-electron chi connectivity index (χ2n) is 10.8. The maximum absolute atomic E-state index is 13.6. The third-order valence-corrected chi connectivity index (χ3v) is 9.10. The summed E-state index contributed by atoms with van der Waals surface area (Å²) in [4.78, 5) is 15.5. The topological polar surface area (TPSA) is 66.7 Å². The van der Waals surface area contributed by atoms with Crippen molar-refractivity contribution in [1.82, 2.24) is 10.2 Å². The predicted molar refractivity (Wildman–Crippen MR) is 141 cm³/mol. The highest BCUT2D eigenvalue weighted by molar-refractivity contribution is 6.34. The number of anilines is 1. The average Bonchev–Trinajstić information content (AvgIpc) is 3.18. The van der Waals surface area contributed by atoms with Crippen molar-refractivity contribution < 1.29 is 13.9 Å². The molecule has 1 spiro atoms. The second-order valence-corrected chi connectivity index (χ2v) is 11.2. The fraction of sp³-hybridized carbons (Fsp3) is 0.414. The Labute approximate surface area is 215 Å². The smallest absolute Gasteiger partial charge is 0.289 e. The Balaban J connectivity index is 1.19. The number of halogens is 1. The van der Waals surface area contributed by atoms with Gasteiger partial charge in [0.25, 0.3) is 5.91 Å². The van der Waals surface area contributed by atoms with Gasteiger partial charge in [0.2, 0.25) is 0 Å². The van der Waals surface area contributed by atoms with Crippen molar-refractivity contribution in [3.8, 4) is 5.75 Å². The predicted octanol–water partition coefficient (Wildman–Crippen LogP) is 6.23. The molecule has 7 heteroatoms. The minimum atomic E-state index is -0.269. The Hall–Kier alpha value is -3.12. The summed E-state index contributed by atoms with van der Waals surface area (Å²) in [6.07, 6.45) is 5.45. The number of likely N-dealkylation sites (tertiary alicyclic amines) is 1. The first-order valence-corrected chi connectivity index (χ1v) is 13.3. The van der Waals surface area contributed by atoms with Crippen LogP contribution in [0.1, 0.15) is 59.7 Å². The van der Waals surface area contributed by atoms with E-state index in [4.69, 9.17) is 20.8 Å². The van der Waals surface area contributed by atoms with Crippen LogP contribution in [0.3, 0.4) is 0 Å². The van der Waals surface area contributed by atoms with Gasteiger partial charge in [-0.2, -0.15) is 0 Å². The van der Waals surface area contributed by atoms with E-state index in [1.807, 2.05) is 29.2 Å². The lowest BCUT2D eigenvalue weighted by Gasteiger charge is -2.44. The number of nitrogens with zero attached hydrogens (tertiary/aromatic N) is 1. The summed E-state index contributed by atoms with van der Waals surface area (Å²) in [5, 5.41) is 8.44. The fourth-order valence-corrected chi connectivity index (χ4v) is 7.41. The van der Waals surface area contributed by atoms with Crippen LogP contribution in [0.2, 0.25) is 5.02 Å². The lowest BCUT2D eigenvalue weighted by atomic mass is 9.74. The van der Waals surface area contributed by atoms with Crippen LogP contribution >= 0.6 is 11.6 Å². The van der Waals surface area contributed by atoms with Crippen LogP contribution in [0.5, 0.6) is 5.75 Å². The van der Waals surface area contributed by atoms with Crippen LogP contribution in [-0.4, -0.2) is 31.0 Å². The molecule has 3 fully saturated rings. The number of para-hydroxylation sites is 1. The number of amides is 1. The van der Waals surface area contributed by atoms with Gasteiger partial charge in [-0.05, 0) is 54.4 Å². The van der Waals surface area contributed by atoms with Gasteiger partial charge in [-0.1, -0.05) is 55.6 Å². The van der Waals surface area contributed by atoms with E-state index < -0.39 is 0 Å². The van der Waals surface area contributed by atoms with E-state index in [1.165, 1.54) is 12.0 Å². The highest BCUT2D eigenvalue weighted by Crippen LogP contribution is 2.60. The van der Waals surface area contributed by atoms with Crippen LogP contribution in [0.15, 0.2) is 53.2 Å². The van der Waals surface area contributed by atoms with E-state index >= 15 is 0 Å². The van der Waals surface area contributed by atoms with Crippen molar-refractivity contribution >= 4 is 34.2 Å². The Kier molecular flexibility index (Phi) is 4.88. The molecule has 2 N–H and O–H groups in total. The standard InChI is InChI=1S/C29H30ClN3O3/c1-16-31-26-21(30)12-17-13-23(36-27(17)25(26)29(32-16)10-6-3-7-11-29)28(34)33-14-19-20(15-33)24(19)18-8-4-5-9-22(18)35-2/h4-5,8-9,12-13,19-20,24,31-32H,1,3,6-7,10-11,14-15H2,2H3/t19-,20+,24?. The quantitative estimate of drug-likeness (QED) is 0.443. The average molecular weight is 504 g/mol. The number of fused-ring (bicyclic) bond motifs is 5. The number of nitrogens with one attached hydrogen (secondary N) is 2. The minimum absolute atomic E-state index is 0.0409. The summed E-state index contributed by atoms with van der Waals surface area (Å²) in [5.74, 6) is 3.46. The van der Waals surface area contributed by atoms with Gasteiger partial charge in [-0.25, -0.2) is 0 Å². The van der Waals surface area contributed by atoms with Crippen molar-refractivity contribution in [2.45, 2.75) is 43.6 Å². The zero-order valence-corrected chi connectivity index (χ0v) is 21.2. The first kappa shape index (κ1) is 22.1. The number of ether oxygens (including phenoxy) is 1. The highest BCUT2D eigenvalue weighted by atomic mass is 35.5. The van der Waals surface area contributed by atoms with Crippen molar-refractivity contribution in [2.24, 2.45) is 11.8 Å². The van der Waals surface area contributed by atoms with E-state index in [2.05, 4.69) is 29.3 Å². The normalized spacial score (nSPS) is 25.8. The van der Waals surface area contributed by atoms with Gasteiger partial charge in [0, 0.05) is 24.0 Å². The summed E-state index contributed by atoms with van der Waals surface area (Å²) >= 11 is 6.75. The molecule has 1 saturated heterocycles. The van der Waals surface area contributed by atoms with E-state index in [1.54, 1.807) is 7.11 Å². The molecule has 3 heterocycles. The number of piperidine rings is 1. The molecule has 7 rings (SSSR count). The number of hydrogen-bond donors (Lipinski definition) is 2. The summed E-state index contributed by atoms with van der Waals surface area (Å²) in [6.45, 7) is 5.63. The van der Waals surface area contributed by atoms with Crippen LogP contribution in [0, 0.1) is 11.8 Å². The van der Waals surface area contributed by atoms with Gasteiger partial charge in [0.05, 0.1) is 29.2 Å². The second kappa shape index (κ2) is 7.94. The molecular formula is C29H30ClN3O3. The molecule has 0 radical (unpaired) electrons. The Morgan fingerprint density at radius 3 is 2.67 bits per heavy atom. The molecule has 1 aromatic heterocycles. The van der Waals surface area contributed by atoms with Crippen LogP contribution in [0.4, 0.5) is 5.69 Å². The van der Waals surface area contributed by atoms with E-state index in [-0.39, 0.29) is 11.4 Å². The number of rotatable bonds is 3. The number of furan rings is 1. The largest absolute Gasteiger partial charge is 0.496 e. The molecule has 4 aliphatic rings. The molecule has 2 saturated carbocycles. The maximum Gasteiger partial charge on any atom is 0.289 e. The molecule has 3 aromatic rings. The highest BCUT2D eigenvalue weighted by Gasteiger charge is 2.58. The van der Waals surface area contributed by atoms with Gasteiger partial charge in [0.15, 0.2) is 5.76 Å². The van der Waals surface area contributed by atoms with Gasteiger partial charge in [-0.3, -0.25) is 4.79 Å². The van der Waals surface area contributed by atoms with Gasteiger partial charge in [0.1, 0.15) is 11.3 Å².